The molecular weight excluding hydrogens is 1690 g/mol. The van der Waals surface area contributed by atoms with Crippen LogP contribution >= 0.6 is 78.5 Å². The van der Waals surface area contributed by atoms with Crippen molar-refractivity contribution in [3.05, 3.63) is 169 Å². The van der Waals surface area contributed by atoms with Gasteiger partial charge in [0.05, 0.1) is 81.3 Å². The Morgan fingerprint density at radius 3 is 1.23 bits per heavy atom. The van der Waals surface area contributed by atoms with E-state index in [1.54, 1.807) is 30.3 Å². The number of rotatable bonds is 23. The lowest BCUT2D eigenvalue weighted by Gasteiger charge is -2.24. The maximum absolute atomic E-state index is 14.9. The van der Waals surface area contributed by atoms with Crippen LogP contribution in [0.3, 0.4) is 0 Å². The first kappa shape index (κ1) is 85.3. The molecule has 3 atom stereocenters. The SMILES string of the molecule is C.C.C.CC1(C)OC[C@H](CC2(S(=O)(=O)Cl)CC2)O1.COc1cc(F)c(F)c(Cc2ccc(I)cc2F)c1N.COc1cc(F)c(F)c(Cc2ccc(I)cc2F)c1NCC1(CC2COC(C)(C)O2)CC1.COc1cc(F)c(F)c(Cc2ccc(I)cc2F)c1NCC1(C[C@H](O)CO)CC1. The predicted molar refractivity (Wildman–Crippen MR) is 393 cm³/mol. The van der Waals surface area contributed by atoms with Crippen LogP contribution in [-0.4, -0.2) is 108 Å². The molecule has 0 bridgehead atoms. The van der Waals surface area contributed by atoms with Crippen LogP contribution in [-0.2, 0) is 47.3 Å². The number of hydrogen-bond donors (Lipinski definition) is 5. The molecule has 6 aromatic carbocycles. The quantitative estimate of drug-likeness (QED) is 0.0176. The Labute approximate surface area is 620 Å². The summed E-state index contributed by atoms with van der Waals surface area (Å²) in [6, 6.07) is 16.7. The van der Waals surface area contributed by atoms with Gasteiger partial charge in [-0.2, -0.15) is 0 Å². The van der Waals surface area contributed by atoms with Gasteiger partial charge in [-0.05, 0) is 217 Å². The Morgan fingerprint density at radius 2 is 0.909 bits per heavy atom. The zero-order valence-electron chi connectivity index (χ0n) is 53.6. The van der Waals surface area contributed by atoms with E-state index in [4.69, 9.17) is 54.7 Å². The Bertz CT molecular complexity index is 3890. The molecule has 2 saturated heterocycles. The Balaban J connectivity index is 0.000000244. The van der Waals surface area contributed by atoms with Crippen molar-refractivity contribution in [2.45, 2.75) is 162 Å². The lowest BCUT2D eigenvalue weighted by molar-refractivity contribution is -0.140. The van der Waals surface area contributed by atoms with E-state index < -0.39 is 83.8 Å². The third-order valence-electron chi connectivity index (χ3n) is 17.5. The van der Waals surface area contributed by atoms with Crippen LogP contribution in [0, 0.1) is 73.9 Å². The van der Waals surface area contributed by atoms with Crippen molar-refractivity contribution in [3.63, 3.8) is 0 Å². The van der Waals surface area contributed by atoms with Crippen LogP contribution in [0.1, 0.15) is 141 Å². The summed E-state index contributed by atoms with van der Waals surface area (Å²) in [6.07, 6.45) is 5.30. The Hall–Kier alpha value is -4.32. The molecule has 0 aromatic heterocycles. The highest BCUT2D eigenvalue weighted by molar-refractivity contribution is 14.1. The normalized spacial score (nSPS) is 18.5. The van der Waals surface area contributed by atoms with E-state index >= 15 is 0 Å². The van der Waals surface area contributed by atoms with Gasteiger partial charge in [0.1, 0.15) is 34.7 Å². The molecule has 0 spiro atoms. The second-order valence-corrected chi connectivity index (χ2v) is 32.3. The standard InChI is InChI=1S/C24H27F3INO3.C21H23F3INO3.C14H11F3INO.C9H15ClO4S.3CH4/c1-23(2)31-12-16(32-23)11-24(6-7-24)13-29-22-17(21(27)19(26)10-20(22)30-3)8-14-4-5-15(28)9-18(14)25;1-29-18-8-17(23)19(24)15(6-12-2-3-13(25)7-16(12)22)20(18)26-11-21(4-5-21)9-14(28)10-27;1-20-12-6-11(16)13(17)9(14(12)19)4-7-2-3-8(18)5-10(7)15;1-8(2)13-6-7(14-8)5-9(3-4-9)15(10,11)12;;;/h4-5,9-10,16,29H,6-8,11-13H2,1-3H3;2-3,7-8,14,26-28H,4-6,9-11H2,1H3;2-3,5-6H,4,19H2,1H3;7H,3-6H2,1-2H3;3*1H4/t;14-;;7-;;;/m.0.0.../s1. The fraction of sp³-hybridized carbons (Fsp3) is 0.493. The number of aliphatic hydroxyl groups is 2. The summed E-state index contributed by atoms with van der Waals surface area (Å²) in [4.78, 5) is 0. The zero-order valence-corrected chi connectivity index (χ0v) is 61.7. The number of halogens is 13. The van der Waals surface area contributed by atoms with Gasteiger partial charge in [-0.15, -0.1) is 0 Å². The second kappa shape index (κ2) is 35.4. The van der Waals surface area contributed by atoms with Crippen LogP contribution in [0.25, 0.3) is 0 Å². The first-order chi connectivity index (χ1) is 45.1. The van der Waals surface area contributed by atoms with E-state index in [9.17, 15) is 53.0 Å². The van der Waals surface area contributed by atoms with E-state index in [2.05, 4.69) is 10.6 Å². The largest absolute Gasteiger partial charge is 0.494 e. The van der Waals surface area contributed by atoms with E-state index in [0.717, 1.165) is 53.9 Å². The molecule has 2 heterocycles. The summed E-state index contributed by atoms with van der Waals surface area (Å²) in [7, 11) is 6.00. The maximum Gasteiger partial charge on any atom is 0.238 e. The number of hydrogen-bond acceptors (Lipinski definition) is 14. The van der Waals surface area contributed by atoms with Crippen molar-refractivity contribution in [1.29, 1.82) is 0 Å². The lowest BCUT2D eigenvalue weighted by Crippen LogP contribution is -2.28. The molecule has 3 aliphatic carbocycles. The summed E-state index contributed by atoms with van der Waals surface area (Å²) in [5, 5.41) is 25.3. The van der Waals surface area contributed by atoms with Crippen molar-refractivity contribution < 1.29 is 91.3 Å². The smallest absolute Gasteiger partial charge is 0.238 e. The van der Waals surface area contributed by atoms with Gasteiger partial charge in [0.15, 0.2) is 46.5 Å². The van der Waals surface area contributed by atoms with Crippen LogP contribution in [0.4, 0.5) is 56.6 Å². The summed E-state index contributed by atoms with van der Waals surface area (Å²) >= 11 is 5.95. The number of nitrogen functional groups attached to an aromatic ring is 1. The van der Waals surface area contributed by atoms with Crippen molar-refractivity contribution >= 4 is 105 Å². The molecule has 550 valence electrons. The number of nitrogens with two attached hydrogens (primary N) is 1. The van der Waals surface area contributed by atoms with E-state index in [-0.39, 0.29) is 128 Å². The number of anilines is 3. The monoisotopic (exact) mass is 1780 g/mol. The molecule has 99 heavy (non-hydrogen) atoms. The molecule has 5 aliphatic rings. The fourth-order valence-electron chi connectivity index (χ4n) is 11.6. The van der Waals surface area contributed by atoms with Crippen molar-refractivity contribution in [3.8, 4) is 17.2 Å². The Morgan fingerprint density at radius 1 is 0.556 bits per heavy atom. The van der Waals surface area contributed by atoms with Crippen LogP contribution in [0.15, 0.2) is 72.8 Å². The average Bonchev–Trinajstić information content (AvgIpc) is 1.65. The van der Waals surface area contributed by atoms with Gasteiger partial charge in [-0.1, -0.05) is 40.5 Å². The highest BCUT2D eigenvalue weighted by atomic mass is 127. The third kappa shape index (κ3) is 22.4. The summed E-state index contributed by atoms with van der Waals surface area (Å²) in [5.41, 5.74) is 6.83. The van der Waals surface area contributed by atoms with Gasteiger partial charge < -0.3 is 59.7 Å². The molecule has 2 aliphatic heterocycles. The molecule has 6 aromatic rings. The predicted octanol–water partition coefficient (Wildman–Crippen LogP) is 17.7. The van der Waals surface area contributed by atoms with Gasteiger partial charge in [0.2, 0.25) is 9.05 Å². The van der Waals surface area contributed by atoms with E-state index in [1.807, 2.05) is 95.5 Å². The zero-order chi connectivity index (χ0) is 70.5. The number of ether oxygens (including phenoxy) is 7. The molecule has 6 N–H and O–H groups in total. The van der Waals surface area contributed by atoms with Gasteiger partial charge in [-0.3, -0.25) is 0 Å². The molecule has 3 saturated carbocycles. The first-order valence-electron chi connectivity index (χ1n) is 30.6. The minimum absolute atomic E-state index is 0. The molecule has 5 fully saturated rings. The number of methoxy groups -OCH3 is 3. The van der Waals surface area contributed by atoms with Gasteiger partial charge in [0, 0.05) is 88.6 Å². The molecule has 28 heteroatoms. The van der Waals surface area contributed by atoms with Crippen molar-refractivity contribution in [1.82, 2.24) is 0 Å². The number of nitrogens with one attached hydrogen (secondary N) is 2. The minimum atomic E-state index is -3.48. The summed E-state index contributed by atoms with van der Waals surface area (Å²) in [5.74, 6) is -8.54. The molecule has 11 rings (SSSR count). The van der Waals surface area contributed by atoms with Gasteiger partial charge in [-0.25, -0.2) is 47.9 Å². The molecule has 0 radical (unpaired) electrons. The number of benzene rings is 6. The van der Waals surface area contributed by atoms with E-state index in [0.29, 0.717) is 70.4 Å². The average molecular weight is 1780 g/mol. The van der Waals surface area contributed by atoms with Crippen LogP contribution in [0.5, 0.6) is 17.2 Å². The van der Waals surface area contributed by atoms with Gasteiger partial charge >= 0.3 is 0 Å². The highest BCUT2D eigenvalue weighted by Gasteiger charge is 2.56. The maximum atomic E-state index is 14.9. The molecular formula is C71H88ClF9I3N3O11S. The van der Waals surface area contributed by atoms with Crippen LogP contribution < -0.4 is 30.6 Å². The molecule has 14 nitrogen and oxygen atoms in total. The summed E-state index contributed by atoms with van der Waals surface area (Å²) in [6.45, 7) is 9.05. The summed E-state index contributed by atoms with van der Waals surface area (Å²) < 4.78 is 190. The second-order valence-electron chi connectivity index (χ2n) is 25.6. The lowest BCUT2D eigenvalue weighted by atomic mass is 9.97. The first-order valence-corrected chi connectivity index (χ1v) is 36.2. The van der Waals surface area contributed by atoms with Crippen LogP contribution in [0.2, 0.25) is 0 Å². The Kier molecular flexibility index (Phi) is 30.5. The topological polar surface area (TPSA) is 189 Å². The van der Waals surface area contributed by atoms with Gasteiger partial charge in [0.25, 0.3) is 0 Å². The molecule has 1 unspecified atom stereocenters. The minimum Gasteiger partial charge on any atom is -0.494 e. The van der Waals surface area contributed by atoms with Crippen molar-refractivity contribution in [2.24, 2.45) is 10.8 Å². The third-order valence-corrected chi connectivity index (χ3v) is 22.1. The highest BCUT2D eigenvalue weighted by Crippen LogP contribution is 2.53. The van der Waals surface area contributed by atoms with Crippen molar-refractivity contribution in [2.75, 3.05) is 70.6 Å². The van der Waals surface area contributed by atoms with E-state index in [1.165, 1.54) is 45.6 Å². The molecule has 0 amide bonds. The fourth-order valence-corrected chi connectivity index (χ4v) is 14.6. The number of aliphatic hydroxyl groups excluding tert-OH is 2.